The highest BCUT2D eigenvalue weighted by molar-refractivity contribution is 5.96. The average Bonchev–Trinajstić information content (AvgIpc) is 3.02. The molecule has 0 spiro atoms. The van der Waals surface area contributed by atoms with Gasteiger partial charge in [-0.15, -0.1) is 0 Å². The number of pyridine rings is 1. The van der Waals surface area contributed by atoms with Gasteiger partial charge in [-0.05, 0) is 49.1 Å². The minimum atomic E-state index is 0.992. The number of aryl methyl sites for hydroxylation is 1. The molecule has 2 heteroatoms. The lowest BCUT2D eigenvalue weighted by atomic mass is 9.94. The third kappa shape index (κ3) is 4.19. The molecule has 0 aliphatic carbocycles. The van der Waals surface area contributed by atoms with Gasteiger partial charge in [0.1, 0.15) is 11.3 Å². The fourth-order valence-corrected chi connectivity index (χ4v) is 3.24. The third-order valence-electron chi connectivity index (χ3n) is 4.56. The zero-order valence-corrected chi connectivity index (χ0v) is 15.3. The van der Waals surface area contributed by atoms with E-state index in [1.54, 1.807) is 0 Å². The molecule has 3 aromatic rings. The monoisotopic (exact) mass is 333 g/mol. The Labute approximate surface area is 150 Å². The molecule has 25 heavy (non-hydrogen) atoms. The molecule has 2 nitrogen and oxygen atoms in total. The van der Waals surface area contributed by atoms with Crippen LogP contribution in [0.1, 0.15) is 63.0 Å². The van der Waals surface area contributed by atoms with Crippen molar-refractivity contribution in [2.24, 2.45) is 0 Å². The lowest BCUT2D eigenvalue weighted by molar-refractivity contribution is 0.535. The van der Waals surface area contributed by atoms with Gasteiger partial charge in [0.15, 0.2) is 0 Å². The highest BCUT2D eigenvalue weighted by Gasteiger charge is 2.17. The molecule has 0 fully saturated rings. The van der Waals surface area contributed by atoms with Crippen LogP contribution in [0.3, 0.4) is 0 Å². The molecule has 0 saturated carbocycles. The summed E-state index contributed by atoms with van der Waals surface area (Å²) in [5.41, 5.74) is 4.65. The minimum absolute atomic E-state index is 0.992. The molecule has 0 aliphatic heterocycles. The van der Waals surface area contributed by atoms with E-state index in [1.807, 2.05) is 24.4 Å². The highest BCUT2D eigenvalue weighted by atomic mass is 16.3. The second kappa shape index (κ2) is 8.66. The standard InChI is InChI=1S/C23H27NO/c1-3-5-11-18(17-19-12-9-10-16-24-19)23-20-13-7-8-15-21(20)25-22(23)14-6-4-2/h7-10,12-13,15-17H,3-6,11,14H2,1-2H3/b18-17+. The summed E-state index contributed by atoms with van der Waals surface area (Å²) in [5, 5.41) is 1.23. The normalized spacial score (nSPS) is 12.0. The van der Waals surface area contributed by atoms with E-state index in [0.717, 1.165) is 36.3 Å². The molecule has 0 aliphatic rings. The number of hydrogen-bond donors (Lipinski definition) is 0. The summed E-state index contributed by atoms with van der Waals surface area (Å²) in [6.07, 6.45) is 10.8. The van der Waals surface area contributed by atoms with E-state index < -0.39 is 0 Å². The van der Waals surface area contributed by atoms with Crippen LogP contribution < -0.4 is 0 Å². The van der Waals surface area contributed by atoms with E-state index in [1.165, 1.54) is 35.8 Å². The Hall–Kier alpha value is -2.35. The predicted octanol–water partition coefficient (Wildman–Crippen LogP) is 6.90. The molecule has 1 aromatic carbocycles. The van der Waals surface area contributed by atoms with Gasteiger partial charge in [-0.1, -0.05) is 51.0 Å². The van der Waals surface area contributed by atoms with Crippen LogP contribution in [-0.4, -0.2) is 4.98 Å². The van der Waals surface area contributed by atoms with Crippen LogP contribution >= 0.6 is 0 Å². The van der Waals surface area contributed by atoms with Gasteiger partial charge in [0.25, 0.3) is 0 Å². The number of hydrogen-bond acceptors (Lipinski definition) is 2. The number of allylic oxidation sites excluding steroid dienone is 1. The molecule has 0 radical (unpaired) electrons. The summed E-state index contributed by atoms with van der Waals surface area (Å²) in [5.74, 6) is 1.13. The Kier molecular flexibility index (Phi) is 6.05. The molecule has 0 N–H and O–H groups in total. The first-order chi connectivity index (χ1) is 12.3. The second-order valence-electron chi connectivity index (χ2n) is 6.53. The second-order valence-corrected chi connectivity index (χ2v) is 6.53. The maximum Gasteiger partial charge on any atom is 0.134 e. The summed E-state index contributed by atoms with van der Waals surface area (Å²) in [6, 6.07) is 14.5. The number of benzene rings is 1. The number of nitrogens with zero attached hydrogens (tertiary/aromatic N) is 1. The average molecular weight is 333 g/mol. The number of unbranched alkanes of at least 4 members (excludes halogenated alkanes) is 2. The molecule has 0 atom stereocenters. The van der Waals surface area contributed by atoms with Crippen LogP contribution in [0.25, 0.3) is 22.6 Å². The van der Waals surface area contributed by atoms with E-state index in [2.05, 4.69) is 49.2 Å². The Morgan fingerprint density at radius 3 is 2.56 bits per heavy atom. The molecule has 0 saturated heterocycles. The number of furan rings is 1. The maximum atomic E-state index is 6.24. The van der Waals surface area contributed by atoms with Gasteiger partial charge in [0.05, 0.1) is 5.69 Å². The SMILES string of the molecule is CCCC/C(=C\c1ccccn1)c1c(CCCC)oc2ccccc12. The number of para-hydroxylation sites is 1. The summed E-state index contributed by atoms with van der Waals surface area (Å²) in [7, 11) is 0. The van der Waals surface area contributed by atoms with E-state index >= 15 is 0 Å². The molecular weight excluding hydrogens is 306 g/mol. The lowest BCUT2D eigenvalue weighted by Crippen LogP contribution is -1.92. The number of rotatable bonds is 8. The van der Waals surface area contributed by atoms with Crippen LogP contribution in [0, 0.1) is 0 Å². The van der Waals surface area contributed by atoms with Gasteiger partial charge in [0.2, 0.25) is 0 Å². The fraction of sp³-hybridized carbons (Fsp3) is 0.348. The third-order valence-corrected chi connectivity index (χ3v) is 4.56. The summed E-state index contributed by atoms with van der Waals surface area (Å²) < 4.78 is 6.24. The summed E-state index contributed by atoms with van der Waals surface area (Å²) >= 11 is 0. The Balaban J connectivity index is 2.12. The Bertz CT molecular complexity index is 830. The molecule has 0 amide bonds. The smallest absolute Gasteiger partial charge is 0.134 e. The Morgan fingerprint density at radius 1 is 1.00 bits per heavy atom. The largest absolute Gasteiger partial charge is 0.460 e. The quantitative estimate of drug-likeness (QED) is 0.448. The molecule has 3 rings (SSSR count). The van der Waals surface area contributed by atoms with Crippen LogP contribution in [0.5, 0.6) is 0 Å². The summed E-state index contributed by atoms with van der Waals surface area (Å²) in [4.78, 5) is 4.50. The first-order valence-corrected chi connectivity index (χ1v) is 9.45. The highest BCUT2D eigenvalue weighted by Crippen LogP contribution is 2.36. The summed E-state index contributed by atoms with van der Waals surface area (Å²) in [6.45, 7) is 4.47. The Morgan fingerprint density at radius 2 is 1.80 bits per heavy atom. The van der Waals surface area contributed by atoms with Crippen LogP contribution in [0.4, 0.5) is 0 Å². The number of aromatic nitrogens is 1. The topological polar surface area (TPSA) is 26.0 Å². The van der Waals surface area contributed by atoms with Gasteiger partial charge >= 0.3 is 0 Å². The van der Waals surface area contributed by atoms with Crippen molar-refractivity contribution < 1.29 is 4.42 Å². The van der Waals surface area contributed by atoms with E-state index in [-0.39, 0.29) is 0 Å². The zero-order chi connectivity index (χ0) is 17.5. The van der Waals surface area contributed by atoms with Crippen molar-refractivity contribution in [2.75, 3.05) is 0 Å². The van der Waals surface area contributed by atoms with E-state index in [0.29, 0.717) is 0 Å². The van der Waals surface area contributed by atoms with E-state index in [9.17, 15) is 0 Å². The van der Waals surface area contributed by atoms with Gasteiger partial charge in [0, 0.05) is 23.6 Å². The van der Waals surface area contributed by atoms with Crippen molar-refractivity contribution in [3.05, 3.63) is 65.7 Å². The van der Waals surface area contributed by atoms with Gasteiger partial charge < -0.3 is 4.42 Å². The fourth-order valence-electron chi connectivity index (χ4n) is 3.24. The van der Waals surface area contributed by atoms with Gasteiger partial charge in [-0.25, -0.2) is 0 Å². The molecule has 130 valence electrons. The van der Waals surface area contributed by atoms with Crippen molar-refractivity contribution in [1.82, 2.24) is 4.98 Å². The maximum absolute atomic E-state index is 6.24. The van der Waals surface area contributed by atoms with Crippen molar-refractivity contribution in [3.8, 4) is 0 Å². The van der Waals surface area contributed by atoms with Crippen LogP contribution in [0.15, 0.2) is 53.1 Å². The first-order valence-electron chi connectivity index (χ1n) is 9.45. The van der Waals surface area contributed by atoms with Crippen molar-refractivity contribution in [2.45, 2.75) is 52.4 Å². The predicted molar refractivity (Wildman–Crippen MR) is 106 cm³/mol. The minimum Gasteiger partial charge on any atom is -0.460 e. The first kappa shape index (κ1) is 17.5. The van der Waals surface area contributed by atoms with Crippen molar-refractivity contribution >= 4 is 22.6 Å². The zero-order valence-electron chi connectivity index (χ0n) is 15.3. The molecule has 2 heterocycles. The molecule has 2 aromatic heterocycles. The lowest BCUT2D eigenvalue weighted by Gasteiger charge is -2.09. The van der Waals surface area contributed by atoms with Crippen molar-refractivity contribution in [1.29, 1.82) is 0 Å². The van der Waals surface area contributed by atoms with Gasteiger partial charge in [-0.3, -0.25) is 4.98 Å². The molecule has 0 unspecified atom stereocenters. The molecular formula is C23H27NO. The van der Waals surface area contributed by atoms with Crippen LogP contribution in [-0.2, 0) is 6.42 Å². The van der Waals surface area contributed by atoms with Crippen molar-refractivity contribution in [3.63, 3.8) is 0 Å². The van der Waals surface area contributed by atoms with Gasteiger partial charge in [-0.2, -0.15) is 0 Å². The van der Waals surface area contributed by atoms with E-state index in [4.69, 9.17) is 4.42 Å². The number of fused-ring (bicyclic) bond motifs is 1. The molecule has 0 bridgehead atoms. The van der Waals surface area contributed by atoms with Crippen LogP contribution in [0.2, 0.25) is 0 Å².